The predicted molar refractivity (Wildman–Crippen MR) is 74.0 cm³/mol. The summed E-state index contributed by atoms with van der Waals surface area (Å²) in [7, 11) is 0. The summed E-state index contributed by atoms with van der Waals surface area (Å²) in [5, 5.41) is 0. The minimum Gasteiger partial charge on any atom is -0.336 e. The summed E-state index contributed by atoms with van der Waals surface area (Å²) < 4.78 is 0. The minimum atomic E-state index is -0.247. The van der Waals surface area contributed by atoms with Gasteiger partial charge in [-0.3, -0.25) is 9.59 Å². The summed E-state index contributed by atoms with van der Waals surface area (Å²) in [4.78, 5) is 28.2. The van der Waals surface area contributed by atoms with Crippen LogP contribution < -0.4 is 11.3 Å². The van der Waals surface area contributed by atoms with Gasteiger partial charge in [0.05, 0.1) is 0 Å². The Labute approximate surface area is 112 Å². The summed E-state index contributed by atoms with van der Waals surface area (Å²) in [5.74, 6) is 0.310. The van der Waals surface area contributed by atoms with Gasteiger partial charge in [0.25, 0.3) is 5.91 Å². The molecule has 0 aromatic carbocycles. The average molecular weight is 263 g/mol. The zero-order valence-corrected chi connectivity index (χ0v) is 11.3. The molecule has 2 rings (SSSR count). The molecule has 0 spiro atoms. The summed E-state index contributed by atoms with van der Waals surface area (Å²) >= 11 is 0. The Morgan fingerprint density at radius 1 is 1.53 bits per heavy atom. The maximum absolute atomic E-state index is 12.5. The van der Waals surface area contributed by atoms with Gasteiger partial charge in [-0.05, 0) is 38.3 Å². The largest absolute Gasteiger partial charge is 0.336 e. The Morgan fingerprint density at radius 3 is 2.95 bits per heavy atom. The normalized spacial score (nSPS) is 22.4. The minimum absolute atomic E-state index is 0.0704. The summed E-state index contributed by atoms with van der Waals surface area (Å²) in [6.07, 6.45) is 4.72. The van der Waals surface area contributed by atoms with Crippen molar-refractivity contribution in [1.29, 1.82) is 0 Å². The fraction of sp³-hybridized carbons (Fsp3) is 0.571. The number of hydrogen-bond donors (Lipinski definition) is 2. The van der Waals surface area contributed by atoms with Crippen molar-refractivity contribution < 1.29 is 4.79 Å². The molecule has 5 heteroatoms. The lowest BCUT2D eigenvalue weighted by molar-refractivity contribution is 0.0652. The van der Waals surface area contributed by atoms with Crippen LogP contribution in [0, 0.1) is 5.92 Å². The van der Waals surface area contributed by atoms with E-state index in [-0.39, 0.29) is 17.5 Å². The number of carbonyl (C=O) groups excluding carboxylic acids is 1. The van der Waals surface area contributed by atoms with Gasteiger partial charge in [0.2, 0.25) is 5.56 Å². The maximum atomic E-state index is 12.5. The Kier molecular flexibility index (Phi) is 4.37. The first-order valence-corrected chi connectivity index (χ1v) is 6.87. The van der Waals surface area contributed by atoms with E-state index in [2.05, 4.69) is 4.98 Å². The fourth-order valence-electron chi connectivity index (χ4n) is 2.97. The van der Waals surface area contributed by atoms with Crippen LogP contribution in [0.3, 0.4) is 0 Å². The van der Waals surface area contributed by atoms with E-state index in [9.17, 15) is 9.59 Å². The highest BCUT2D eigenvalue weighted by Crippen LogP contribution is 2.29. The Morgan fingerprint density at radius 2 is 2.32 bits per heavy atom. The molecule has 1 aromatic rings. The number of aromatic amines is 1. The standard InChI is InChI=1S/C14H21N3O2/c1-2-17(12-5-3-4-11(12)9-15)14(19)10-6-7-16-13(18)8-10/h6-8,11-12H,2-5,9,15H2,1H3,(H,16,18). The van der Waals surface area contributed by atoms with Crippen LogP contribution >= 0.6 is 0 Å². The second-order valence-electron chi connectivity index (χ2n) is 5.03. The maximum Gasteiger partial charge on any atom is 0.254 e. The molecule has 1 aliphatic carbocycles. The first kappa shape index (κ1) is 13.8. The van der Waals surface area contributed by atoms with Crippen molar-refractivity contribution in [3.8, 4) is 0 Å². The Bertz CT molecular complexity index is 497. The number of carbonyl (C=O) groups is 1. The third-order valence-corrected chi connectivity index (χ3v) is 3.95. The number of nitrogens with one attached hydrogen (secondary N) is 1. The Balaban J connectivity index is 2.22. The van der Waals surface area contributed by atoms with E-state index >= 15 is 0 Å². The highest BCUT2D eigenvalue weighted by Gasteiger charge is 2.33. The molecule has 0 saturated heterocycles. The second kappa shape index (κ2) is 6.02. The third kappa shape index (κ3) is 2.87. The highest BCUT2D eigenvalue weighted by atomic mass is 16.2. The van der Waals surface area contributed by atoms with Crippen LogP contribution in [0.25, 0.3) is 0 Å². The third-order valence-electron chi connectivity index (χ3n) is 3.95. The van der Waals surface area contributed by atoms with Crippen molar-refractivity contribution in [3.05, 3.63) is 34.2 Å². The molecule has 0 bridgehead atoms. The molecule has 1 saturated carbocycles. The molecule has 2 unspecified atom stereocenters. The lowest BCUT2D eigenvalue weighted by Gasteiger charge is -2.32. The molecule has 2 atom stereocenters. The van der Waals surface area contributed by atoms with E-state index < -0.39 is 0 Å². The first-order valence-electron chi connectivity index (χ1n) is 6.87. The van der Waals surface area contributed by atoms with Crippen LogP contribution in [0.2, 0.25) is 0 Å². The number of pyridine rings is 1. The van der Waals surface area contributed by atoms with E-state index in [1.165, 1.54) is 12.3 Å². The van der Waals surface area contributed by atoms with E-state index in [0.717, 1.165) is 19.3 Å². The zero-order chi connectivity index (χ0) is 13.8. The van der Waals surface area contributed by atoms with Crippen LogP contribution in [0.4, 0.5) is 0 Å². The van der Waals surface area contributed by atoms with E-state index in [1.54, 1.807) is 6.07 Å². The number of rotatable bonds is 4. The molecule has 0 radical (unpaired) electrons. The van der Waals surface area contributed by atoms with Gasteiger partial charge in [0.1, 0.15) is 0 Å². The smallest absolute Gasteiger partial charge is 0.254 e. The van der Waals surface area contributed by atoms with Gasteiger partial charge in [-0.1, -0.05) is 6.42 Å². The van der Waals surface area contributed by atoms with Gasteiger partial charge in [-0.15, -0.1) is 0 Å². The van der Waals surface area contributed by atoms with E-state index in [4.69, 9.17) is 5.73 Å². The van der Waals surface area contributed by atoms with E-state index in [1.807, 2.05) is 11.8 Å². The second-order valence-corrected chi connectivity index (χ2v) is 5.03. The molecule has 1 aliphatic rings. The molecular formula is C14H21N3O2. The highest BCUT2D eigenvalue weighted by molar-refractivity contribution is 5.94. The Hall–Kier alpha value is -1.62. The summed E-state index contributed by atoms with van der Waals surface area (Å²) in [6, 6.07) is 3.22. The fourth-order valence-corrected chi connectivity index (χ4v) is 2.97. The quantitative estimate of drug-likeness (QED) is 0.849. The molecule has 1 aromatic heterocycles. The van der Waals surface area contributed by atoms with Crippen LogP contribution in [0.15, 0.2) is 23.1 Å². The summed E-state index contributed by atoms with van der Waals surface area (Å²) in [5.41, 5.74) is 5.99. The number of nitrogens with zero attached hydrogens (tertiary/aromatic N) is 1. The van der Waals surface area contributed by atoms with Gasteiger partial charge in [0.15, 0.2) is 0 Å². The SMILES string of the molecule is CCN(C(=O)c1cc[nH]c(=O)c1)C1CCCC1CN. The first-order chi connectivity index (χ1) is 9.17. The van der Waals surface area contributed by atoms with Crippen molar-refractivity contribution in [3.63, 3.8) is 0 Å². The van der Waals surface area contributed by atoms with Crippen LogP contribution in [-0.4, -0.2) is 34.9 Å². The van der Waals surface area contributed by atoms with E-state index in [0.29, 0.717) is 24.6 Å². The molecular weight excluding hydrogens is 242 g/mol. The lowest BCUT2D eigenvalue weighted by Crippen LogP contribution is -2.44. The molecule has 3 N–H and O–H groups in total. The van der Waals surface area contributed by atoms with Crippen LogP contribution in [-0.2, 0) is 0 Å². The van der Waals surface area contributed by atoms with Gasteiger partial charge in [0, 0.05) is 30.4 Å². The van der Waals surface area contributed by atoms with Gasteiger partial charge in [-0.2, -0.15) is 0 Å². The number of aromatic nitrogens is 1. The molecule has 1 amide bonds. The number of nitrogens with two attached hydrogens (primary N) is 1. The van der Waals surface area contributed by atoms with Gasteiger partial charge < -0.3 is 15.6 Å². The monoisotopic (exact) mass is 263 g/mol. The van der Waals surface area contributed by atoms with Crippen LogP contribution in [0.1, 0.15) is 36.5 Å². The molecule has 104 valence electrons. The molecule has 5 nitrogen and oxygen atoms in total. The van der Waals surface area contributed by atoms with Crippen LogP contribution in [0.5, 0.6) is 0 Å². The lowest BCUT2D eigenvalue weighted by atomic mass is 10.0. The number of amides is 1. The topological polar surface area (TPSA) is 79.2 Å². The van der Waals surface area contributed by atoms with Crippen molar-refractivity contribution in [1.82, 2.24) is 9.88 Å². The van der Waals surface area contributed by atoms with Gasteiger partial charge >= 0.3 is 0 Å². The average Bonchev–Trinajstić information content (AvgIpc) is 2.88. The van der Waals surface area contributed by atoms with Crippen molar-refractivity contribution in [2.45, 2.75) is 32.2 Å². The van der Waals surface area contributed by atoms with Gasteiger partial charge in [-0.25, -0.2) is 0 Å². The number of hydrogen-bond acceptors (Lipinski definition) is 3. The zero-order valence-electron chi connectivity index (χ0n) is 11.3. The molecule has 1 fully saturated rings. The predicted octanol–water partition coefficient (Wildman–Crippen LogP) is 0.964. The number of H-pyrrole nitrogens is 1. The van der Waals surface area contributed by atoms with Crippen molar-refractivity contribution in [2.75, 3.05) is 13.1 Å². The van der Waals surface area contributed by atoms with Crippen molar-refractivity contribution in [2.24, 2.45) is 11.7 Å². The summed E-state index contributed by atoms with van der Waals surface area (Å²) in [6.45, 7) is 3.23. The molecule has 19 heavy (non-hydrogen) atoms. The molecule has 0 aliphatic heterocycles. The van der Waals surface area contributed by atoms with Crippen molar-refractivity contribution >= 4 is 5.91 Å². The molecule has 1 heterocycles.